The van der Waals surface area contributed by atoms with Gasteiger partial charge in [0.05, 0.1) is 25.1 Å². The van der Waals surface area contributed by atoms with Crippen LogP contribution in [0.5, 0.6) is 5.75 Å². The Bertz CT molecular complexity index is 662. The number of fused-ring (bicyclic) bond motifs is 1. The molecule has 1 aromatic heterocycles. The summed E-state index contributed by atoms with van der Waals surface area (Å²) in [5.41, 5.74) is 2.48. The number of hydrogen-bond acceptors (Lipinski definition) is 3. The maximum absolute atomic E-state index is 11.9. The van der Waals surface area contributed by atoms with Crippen molar-refractivity contribution in [2.24, 2.45) is 7.05 Å². The van der Waals surface area contributed by atoms with E-state index < -0.39 is 0 Å². The number of ketones is 1. The number of methoxy groups -OCH3 is 1. The third-order valence-corrected chi connectivity index (χ3v) is 2.94. The standard InChI is InChI=1S/C14H14N2O2/c1-9-6-10-11(12(17)4-5-15)8-16(2)14(10)13(7-9)18-3/h6-8H,4H2,1-3H3. The molecule has 92 valence electrons. The summed E-state index contributed by atoms with van der Waals surface area (Å²) < 4.78 is 7.20. The zero-order chi connectivity index (χ0) is 13.3. The van der Waals surface area contributed by atoms with Crippen molar-refractivity contribution in [2.75, 3.05) is 7.11 Å². The van der Waals surface area contributed by atoms with Crippen molar-refractivity contribution in [2.45, 2.75) is 13.3 Å². The van der Waals surface area contributed by atoms with Crippen molar-refractivity contribution >= 4 is 16.7 Å². The van der Waals surface area contributed by atoms with Crippen molar-refractivity contribution in [1.29, 1.82) is 5.26 Å². The lowest BCUT2D eigenvalue weighted by atomic mass is 10.1. The Morgan fingerprint density at radius 3 is 2.83 bits per heavy atom. The quantitative estimate of drug-likeness (QED) is 0.777. The van der Waals surface area contributed by atoms with E-state index in [-0.39, 0.29) is 12.2 Å². The number of Topliss-reactive ketones (excluding diaryl/α,β-unsaturated/α-hetero) is 1. The lowest BCUT2D eigenvalue weighted by Crippen LogP contribution is -1.96. The number of nitrogens with zero attached hydrogens (tertiary/aromatic N) is 2. The molecule has 0 aliphatic carbocycles. The van der Waals surface area contributed by atoms with Crippen LogP contribution in [0.15, 0.2) is 18.3 Å². The number of carbonyl (C=O) groups excluding carboxylic acids is 1. The average molecular weight is 242 g/mol. The summed E-state index contributed by atoms with van der Waals surface area (Å²) in [7, 11) is 3.47. The second kappa shape index (κ2) is 4.53. The molecule has 0 aliphatic heterocycles. The van der Waals surface area contributed by atoms with Gasteiger partial charge in [-0.05, 0) is 24.6 Å². The first-order valence-corrected chi connectivity index (χ1v) is 5.62. The molecule has 4 heteroatoms. The molecule has 0 unspecified atom stereocenters. The molecular formula is C14H14N2O2. The highest BCUT2D eigenvalue weighted by atomic mass is 16.5. The molecule has 0 fully saturated rings. The monoisotopic (exact) mass is 242 g/mol. The van der Waals surface area contributed by atoms with E-state index >= 15 is 0 Å². The summed E-state index contributed by atoms with van der Waals surface area (Å²) in [6.45, 7) is 1.95. The Morgan fingerprint density at radius 1 is 1.50 bits per heavy atom. The number of aromatic nitrogens is 1. The predicted octanol–water partition coefficient (Wildman–Crippen LogP) is 2.59. The Balaban J connectivity index is 2.75. The molecule has 0 aliphatic rings. The smallest absolute Gasteiger partial charge is 0.179 e. The molecule has 2 rings (SSSR count). The van der Waals surface area contributed by atoms with Crippen LogP contribution in [-0.4, -0.2) is 17.5 Å². The molecule has 0 amide bonds. The van der Waals surface area contributed by atoms with E-state index in [1.165, 1.54) is 0 Å². The fraction of sp³-hybridized carbons (Fsp3) is 0.286. The molecule has 0 N–H and O–H groups in total. The molecule has 0 radical (unpaired) electrons. The van der Waals surface area contributed by atoms with Crippen molar-refractivity contribution in [3.63, 3.8) is 0 Å². The SMILES string of the molecule is COc1cc(C)cc2c(C(=O)CC#N)cn(C)c12. The van der Waals surface area contributed by atoms with E-state index in [0.717, 1.165) is 22.2 Å². The number of benzene rings is 1. The second-order valence-electron chi connectivity index (χ2n) is 4.28. The normalized spacial score (nSPS) is 10.3. The molecule has 0 atom stereocenters. The fourth-order valence-corrected chi connectivity index (χ4v) is 2.19. The van der Waals surface area contributed by atoms with Gasteiger partial charge < -0.3 is 9.30 Å². The van der Waals surface area contributed by atoms with E-state index in [0.29, 0.717) is 5.56 Å². The first-order chi connectivity index (χ1) is 8.58. The minimum absolute atomic E-state index is 0.102. The topological polar surface area (TPSA) is 55.0 Å². The van der Waals surface area contributed by atoms with Crippen molar-refractivity contribution in [3.05, 3.63) is 29.5 Å². The van der Waals surface area contributed by atoms with Crippen molar-refractivity contribution in [1.82, 2.24) is 4.57 Å². The van der Waals surface area contributed by atoms with Crippen molar-refractivity contribution in [3.8, 4) is 11.8 Å². The second-order valence-corrected chi connectivity index (χ2v) is 4.28. The minimum Gasteiger partial charge on any atom is -0.495 e. The molecule has 0 saturated heterocycles. The van der Waals surface area contributed by atoms with Gasteiger partial charge in [-0.2, -0.15) is 5.26 Å². The van der Waals surface area contributed by atoms with Crippen LogP contribution in [0.4, 0.5) is 0 Å². The van der Waals surface area contributed by atoms with Gasteiger partial charge in [-0.1, -0.05) is 0 Å². The van der Waals surface area contributed by atoms with Crippen LogP contribution in [0.25, 0.3) is 10.9 Å². The van der Waals surface area contributed by atoms with Gasteiger partial charge in [0.25, 0.3) is 0 Å². The molecule has 18 heavy (non-hydrogen) atoms. The van der Waals surface area contributed by atoms with Crippen molar-refractivity contribution < 1.29 is 9.53 Å². The van der Waals surface area contributed by atoms with Gasteiger partial charge in [0.2, 0.25) is 0 Å². The molecular weight excluding hydrogens is 228 g/mol. The maximum atomic E-state index is 11.9. The van der Waals surface area contributed by atoms with E-state index in [9.17, 15) is 4.79 Å². The lowest BCUT2D eigenvalue weighted by molar-refractivity contribution is 0.0999. The molecule has 4 nitrogen and oxygen atoms in total. The van der Waals surface area contributed by atoms with Crippen LogP contribution in [0, 0.1) is 18.3 Å². The third-order valence-electron chi connectivity index (χ3n) is 2.94. The van der Waals surface area contributed by atoms with Crippen LogP contribution >= 0.6 is 0 Å². The van der Waals surface area contributed by atoms with E-state index in [1.54, 1.807) is 13.3 Å². The number of nitriles is 1. The maximum Gasteiger partial charge on any atom is 0.179 e. The van der Waals surface area contributed by atoms with Gasteiger partial charge >= 0.3 is 0 Å². The van der Waals surface area contributed by atoms with E-state index in [2.05, 4.69) is 0 Å². The van der Waals surface area contributed by atoms with Crippen LogP contribution in [0.2, 0.25) is 0 Å². The Labute approximate surface area is 105 Å². The Morgan fingerprint density at radius 2 is 2.22 bits per heavy atom. The van der Waals surface area contributed by atoms with Crippen LogP contribution in [0.3, 0.4) is 0 Å². The predicted molar refractivity (Wildman–Crippen MR) is 68.8 cm³/mol. The largest absolute Gasteiger partial charge is 0.495 e. The van der Waals surface area contributed by atoms with Crippen LogP contribution in [0.1, 0.15) is 22.3 Å². The number of carbonyl (C=O) groups is 1. The number of aryl methyl sites for hydroxylation is 2. The zero-order valence-corrected chi connectivity index (χ0v) is 10.7. The van der Waals surface area contributed by atoms with Gasteiger partial charge in [-0.25, -0.2) is 0 Å². The first-order valence-electron chi connectivity index (χ1n) is 5.62. The van der Waals surface area contributed by atoms with Gasteiger partial charge in [-0.15, -0.1) is 0 Å². The molecule has 1 heterocycles. The summed E-state index contributed by atoms with van der Waals surface area (Å²) in [5, 5.41) is 9.47. The number of rotatable bonds is 3. The molecule has 0 spiro atoms. The summed E-state index contributed by atoms with van der Waals surface area (Å²) >= 11 is 0. The van der Waals surface area contributed by atoms with Crippen LogP contribution < -0.4 is 4.74 Å². The Hall–Kier alpha value is -2.28. The van der Waals surface area contributed by atoms with Gasteiger partial charge in [-0.3, -0.25) is 4.79 Å². The molecule has 2 aromatic rings. The zero-order valence-electron chi connectivity index (χ0n) is 10.7. The lowest BCUT2D eigenvalue weighted by Gasteiger charge is -2.06. The van der Waals surface area contributed by atoms with E-state index in [4.69, 9.17) is 10.00 Å². The Kier molecular flexibility index (Phi) is 3.07. The molecule has 1 aromatic carbocycles. The van der Waals surface area contributed by atoms with Crippen LogP contribution in [-0.2, 0) is 7.05 Å². The number of ether oxygens (including phenoxy) is 1. The highest BCUT2D eigenvalue weighted by molar-refractivity contribution is 6.10. The minimum atomic E-state index is -0.157. The summed E-state index contributed by atoms with van der Waals surface area (Å²) in [4.78, 5) is 11.9. The first kappa shape index (κ1) is 12.2. The average Bonchev–Trinajstić information content (AvgIpc) is 2.66. The van der Waals surface area contributed by atoms with Gasteiger partial charge in [0.15, 0.2) is 5.78 Å². The highest BCUT2D eigenvalue weighted by Gasteiger charge is 2.16. The van der Waals surface area contributed by atoms with Gasteiger partial charge in [0, 0.05) is 24.2 Å². The number of hydrogen-bond donors (Lipinski definition) is 0. The highest BCUT2D eigenvalue weighted by Crippen LogP contribution is 2.31. The molecule has 0 saturated carbocycles. The molecule has 0 bridgehead atoms. The summed E-state index contributed by atoms with van der Waals surface area (Å²) in [6, 6.07) is 5.77. The summed E-state index contributed by atoms with van der Waals surface area (Å²) in [6.07, 6.45) is 1.65. The van der Waals surface area contributed by atoms with E-state index in [1.807, 2.05) is 36.7 Å². The third kappa shape index (κ3) is 1.84. The van der Waals surface area contributed by atoms with Gasteiger partial charge in [0.1, 0.15) is 5.75 Å². The fourth-order valence-electron chi connectivity index (χ4n) is 2.19. The summed E-state index contributed by atoms with van der Waals surface area (Å²) in [5.74, 6) is 0.583.